The molecule has 1 aromatic carbocycles. The van der Waals surface area contributed by atoms with Gasteiger partial charge in [-0.3, -0.25) is 14.6 Å². The van der Waals surface area contributed by atoms with Crippen molar-refractivity contribution in [3.05, 3.63) is 35.4 Å². The lowest BCUT2D eigenvalue weighted by Gasteiger charge is -2.39. The molecule has 0 aliphatic carbocycles. The molecule has 26 heavy (non-hydrogen) atoms. The zero-order valence-corrected chi connectivity index (χ0v) is 15.6. The van der Waals surface area contributed by atoms with Gasteiger partial charge < -0.3 is 10.0 Å². The Balaban J connectivity index is 1.57. The topological polar surface area (TPSA) is 70.8 Å². The summed E-state index contributed by atoms with van der Waals surface area (Å²) < 4.78 is 0. The molecule has 6 nitrogen and oxygen atoms in total. The molecule has 6 heteroatoms. The molecule has 0 spiro atoms. The van der Waals surface area contributed by atoms with E-state index >= 15 is 0 Å². The molecule has 2 saturated heterocycles. The number of hydrogen-bond acceptors (Lipinski definition) is 5. The molecule has 1 aromatic rings. The van der Waals surface area contributed by atoms with Crippen molar-refractivity contribution in [2.75, 3.05) is 33.7 Å². The second-order valence-electron chi connectivity index (χ2n) is 7.65. The fourth-order valence-corrected chi connectivity index (χ4v) is 4.19. The zero-order valence-electron chi connectivity index (χ0n) is 15.6. The Hall–Kier alpha value is -1.94. The highest BCUT2D eigenvalue weighted by atomic mass is 16.3. The van der Waals surface area contributed by atoms with Gasteiger partial charge in [0, 0.05) is 33.2 Å². The molecule has 0 radical (unpaired) electrons. The molecule has 2 heterocycles. The number of benzene rings is 1. The number of carbonyl (C=O) groups excluding carboxylic acids is 1. The number of amides is 1. The Morgan fingerprint density at radius 2 is 2.08 bits per heavy atom. The van der Waals surface area contributed by atoms with Crippen molar-refractivity contribution in [3.8, 4) is 6.07 Å². The molecule has 1 N–H and O–H groups in total. The van der Waals surface area contributed by atoms with Gasteiger partial charge in [0.25, 0.3) is 0 Å². The Morgan fingerprint density at radius 3 is 2.73 bits per heavy atom. The summed E-state index contributed by atoms with van der Waals surface area (Å²) in [5, 5.41) is 19.1. The van der Waals surface area contributed by atoms with Crippen LogP contribution in [0.4, 0.5) is 0 Å². The van der Waals surface area contributed by atoms with E-state index in [1.807, 2.05) is 18.2 Å². The van der Waals surface area contributed by atoms with Gasteiger partial charge in [-0.25, -0.2) is 0 Å². The number of aliphatic hydroxyl groups excluding tert-OH is 1. The molecule has 2 aliphatic heterocycles. The van der Waals surface area contributed by atoms with Crippen LogP contribution in [0.15, 0.2) is 24.3 Å². The number of hydrogen-bond donors (Lipinski definition) is 1. The summed E-state index contributed by atoms with van der Waals surface area (Å²) in [5.41, 5.74) is 1.87. The summed E-state index contributed by atoms with van der Waals surface area (Å²) >= 11 is 0. The third-order valence-electron chi connectivity index (χ3n) is 5.53. The molecule has 2 atom stereocenters. The van der Waals surface area contributed by atoms with Crippen LogP contribution in [0.1, 0.15) is 30.4 Å². The minimum absolute atomic E-state index is 0.0947. The number of rotatable bonds is 4. The van der Waals surface area contributed by atoms with Gasteiger partial charge in [0.2, 0.25) is 5.91 Å². The van der Waals surface area contributed by atoms with Crippen molar-refractivity contribution in [3.63, 3.8) is 0 Å². The quantitative estimate of drug-likeness (QED) is 0.873. The molecule has 1 amide bonds. The van der Waals surface area contributed by atoms with Crippen molar-refractivity contribution in [2.45, 2.75) is 44.0 Å². The van der Waals surface area contributed by atoms with E-state index in [0.29, 0.717) is 24.6 Å². The van der Waals surface area contributed by atoms with Crippen LogP contribution < -0.4 is 0 Å². The summed E-state index contributed by atoms with van der Waals surface area (Å²) in [4.78, 5) is 18.7. The Labute approximate surface area is 155 Å². The maximum absolute atomic E-state index is 12.4. The van der Waals surface area contributed by atoms with Gasteiger partial charge in [0.1, 0.15) is 0 Å². The predicted molar refractivity (Wildman–Crippen MR) is 99.3 cm³/mol. The molecule has 2 fully saturated rings. The third kappa shape index (κ3) is 4.24. The number of likely N-dealkylation sites (tertiary alicyclic amines) is 2. The van der Waals surface area contributed by atoms with E-state index < -0.39 is 6.10 Å². The van der Waals surface area contributed by atoms with Gasteiger partial charge in [-0.15, -0.1) is 0 Å². The first kappa shape index (κ1) is 18.8. The lowest BCUT2D eigenvalue weighted by molar-refractivity contribution is -0.134. The molecule has 2 aliphatic rings. The van der Waals surface area contributed by atoms with Gasteiger partial charge in [-0.1, -0.05) is 12.1 Å². The highest BCUT2D eigenvalue weighted by molar-refractivity contribution is 5.81. The van der Waals surface area contributed by atoms with Crippen LogP contribution in [0, 0.1) is 11.3 Å². The highest BCUT2D eigenvalue weighted by Gasteiger charge is 2.41. The Kier molecular flexibility index (Phi) is 5.92. The maximum atomic E-state index is 12.4. The molecule has 3 rings (SSSR count). The SMILES string of the molecule is CN(C)C(=O)[C@@H]1C[C@@H](O)CN1C1CCN(Cc2cccc(C#N)c2)CC1. The first-order valence-electron chi connectivity index (χ1n) is 9.34. The average molecular weight is 356 g/mol. The van der Waals surface area contributed by atoms with Crippen molar-refractivity contribution in [1.82, 2.24) is 14.7 Å². The van der Waals surface area contributed by atoms with E-state index in [0.717, 1.165) is 32.5 Å². The summed E-state index contributed by atoms with van der Waals surface area (Å²) in [6.45, 7) is 3.39. The minimum atomic E-state index is -0.407. The van der Waals surface area contributed by atoms with Crippen molar-refractivity contribution < 1.29 is 9.90 Å². The number of nitriles is 1. The summed E-state index contributed by atoms with van der Waals surface area (Å²) in [6, 6.07) is 10.1. The maximum Gasteiger partial charge on any atom is 0.239 e. The van der Waals surface area contributed by atoms with E-state index in [-0.39, 0.29) is 11.9 Å². The van der Waals surface area contributed by atoms with Crippen LogP contribution in [0.3, 0.4) is 0 Å². The van der Waals surface area contributed by atoms with E-state index in [4.69, 9.17) is 5.26 Å². The predicted octanol–water partition coefficient (Wildman–Crippen LogP) is 1.05. The van der Waals surface area contributed by atoms with E-state index in [1.54, 1.807) is 19.0 Å². The standard InChI is InChI=1S/C20H28N4O2/c1-22(2)20(26)19-11-18(25)14-24(19)17-6-8-23(9-7-17)13-16-5-3-4-15(10-16)12-21/h3-5,10,17-19,25H,6-9,11,13-14H2,1-2H3/t18-,19+/m1/s1. The summed E-state index contributed by atoms with van der Waals surface area (Å²) in [5.74, 6) is 0.0947. The van der Waals surface area contributed by atoms with Gasteiger partial charge in [-0.05, 0) is 50.0 Å². The number of carbonyl (C=O) groups is 1. The number of aliphatic hydroxyl groups is 1. The largest absolute Gasteiger partial charge is 0.392 e. The monoisotopic (exact) mass is 356 g/mol. The van der Waals surface area contributed by atoms with E-state index in [2.05, 4.69) is 21.9 Å². The highest BCUT2D eigenvalue weighted by Crippen LogP contribution is 2.27. The molecule has 0 saturated carbocycles. The average Bonchev–Trinajstić information content (AvgIpc) is 3.03. The Morgan fingerprint density at radius 1 is 1.35 bits per heavy atom. The smallest absolute Gasteiger partial charge is 0.239 e. The fourth-order valence-electron chi connectivity index (χ4n) is 4.19. The third-order valence-corrected chi connectivity index (χ3v) is 5.53. The van der Waals surface area contributed by atoms with Gasteiger partial charge >= 0.3 is 0 Å². The van der Waals surface area contributed by atoms with Crippen LogP contribution >= 0.6 is 0 Å². The van der Waals surface area contributed by atoms with Crippen LogP contribution in [-0.4, -0.2) is 77.6 Å². The summed E-state index contributed by atoms with van der Waals surface area (Å²) in [7, 11) is 3.56. The van der Waals surface area contributed by atoms with Gasteiger partial charge in [0.15, 0.2) is 0 Å². The van der Waals surface area contributed by atoms with Crippen LogP contribution in [-0.2, 0) is 11.3 Å². The molecular weight excluding hydrogens is 328 g/mol. The second kappa shape index (κ2) is 8.17. The second-order valence-corrected chi connectivity index (χ2v) is 7.65. The van der Waals surface area contributed by atoms with Crippen LogP contribution in [0.25, 0.3) is 0 Å². The number of β-amino-alcohol motifs (C(OH)–C–C–N with tert-alkyl or cyclic N) is 1. The molecular formula is C20H28N4O2. The van der Waals surface area contributed by atoms with Crippen molar-refractivity contribution in [2.24, 2.45) is 0 Å². The first-order chi connectivity index (χ1) is 12.5. The lowest BCUT2D eigenvalue weighted by atomic mass is 10.0. The van der Waals surface area contributed by atoms with E-state index in [1.165, 1.54) is 5.56 Å². The molecule has 140 valence electrons. The number of nitrogens with zero attached hydrogens (tertiary/aromatic N) is 4. The van der Waals surface area contributed by atoms with Crippen molar-refractivity contribution >= 4 is 5.91 Å². The summed E-state index contributed by atoms with van der Waals surface area (Å²) in [6.07, 6.45) is 2.14. The molecule has 0 aromatic heterocycles. The van der Waals surface area contributed by atoms with Gasteiger partial charge in [-0.2, -0.15) is 5.26 Å². The molecule has 0 bridgehead atoms. The molecule has 0 unspecified atom stereocenters. The Bertz CT molecular complexity index is 677. The normalized spacial score (nSPS) is 25.2. The van der Waals surface area contributed by atoms with Crippen LogP contribution in [0.5, 0.6) is 0 Å². The van der Waals surface area contributed by atoms with Crippen molar-refractivity contribution in [1.29, 1.82) is 5.26 Å². The van der Waals surface area contributed by atoms with Crippen LogP contribution in [0.2, 0.25) is 0 Å². The minimum Gasteiger partial charge on any atom is -0.392 e. The number of piperidine rings is 1. The van der Waals surface area contributed by atoms with Gasteiger partial charge in [0.05, 0.1) is 23.8 Å². The lowest BCUT2D eigenvalue weighted by Crippen LogP contribution is -2.51. The number of likely N-dealkylation sites (N-methyl/N-ethyl adjacent to an activating group) is 1. The first-order valence-corrected chi connectivity index (χ1v) is 9.34. The fraction of sp³-hybridized carbons (Fsp3) is 0.600. The zero-order chi connectivity index (χ0) is 18.7. The van der Waals surface area contributed by atoms with E-state index in [9.17, 15) is 9.90 Å².